The molecule has 4 atom stereocenters. The van der Waals surface area contributed by atoms with Crippen molar-refractivity contribution in [3.63, 3.8) is 0 Å². The quantitative estimate of drug-likeness (QED) is 0.0717. The zero-order chi connectivity index (χ0) is 33.3. The molecule has 0 aliphatic carbocycles. The lowest BCUT2D eigenvalue weighted by Crippen LogP contribution is -2.46. The van der Waals surface area contributed by atoms with Gasteiger partial charge in [-0.05, 0) is 0 Å². The van der Waals surface area contributed by atoms with E-state index in [0.717, 1.165) is 11.2 Å². The molecule has 0 saturated carbocycles. The van der Waals surface area contributed by atoms with Gasteiger partial charge in [-0.25, -0.2) is 15.0 Å². The number of amides is 1. The largest absolute Gasteiger partial charge is 0.480 e. The normalized spacial score (nSPS) is 19.9. The second-order valence-corrected chi connectivity index (χ2v) is 10.1. The SMILES string of the molecule is O=C(O)CN(CCN(CC(=O)O)CC(=O)O)CCN(CC(=O)O)CC(=O)Nc1ncnc2c1ncn2[C@@H]1O[C@H](CO)[C@@H](O)[C@H]1O. The Labute approximate surface area is 253 Å². The fourth-order valence-electron chi connectivity index (χ4n) is 4.64. The summed E-state index contributed by atoms with van der Waals surface area (Å²) < 4.78 is 6.79. The highest BCUT2D eigenvalue weighted by Crippen LogP contribution is 2.32. The minimum atomic E-state index is -1.42. The van der Waals surface area contributed by atoms with Gasteiger partial charge in [0.05, 0.1) is 45.7 Å². The molecule has 1 fully saturated rings. The number of aliphatic carboxylic acids is 4. The number of aliphatic hydroxyl groups excluding tert-OH is 3. The number of carbonyl (C=O) groups is 5. The predicted octanol–water partition coefficient (Wildman–Crippen LogP) is -4.38. The van der Waals surface area contributed by atoms with Crippen LogP contribution in [0.25, 0.3) is 11.2 Å². The first-order chi connectivity index (χ1) is 21.3. The van der Waals surface area contributed by atoms with Gasteiger partial charge in [-0.15, -0.1) is 0 Å². The molecule has 1 saturated heterocycles. The van der Waals surface area contributed by atoms with E-state index in [0.29, 0.717) is 0 Å². The lowest BCUT2D eigenvalue weighted by molar-refractivity contribution is -0.143. The monoisotopic (exact) mass is 642 g/mol. The lowest BCUT2D eigenvalue weighted by Gasteiger charge is -2.27. The number of rotatable bonds is 19. The second kappa shape index (κ2) is 16.1. The van der Waals surface area contributed by atoms with Crippen LogP contribution in [0.1, 0.15) is 6.23 Å². The van der Waals surface area contributed by atoms with E-state index >= 15 is 0 Å². The van der Waals surface area contributed by atoms with Crippen LogP contribution in [0.4, 0.5) is 5.82 Å². The molecule has 8 N–H and O–H groups in total. The summed E-state index contributed by atoms with van der Waals surface area (Å²) in [5.74, 6) is -5.82. The van der Waals surface area contributed by atoms with Crippen molar-refractivity contribution >= 4 is 46.8 Å². The maximum absolute atomic E-state index is 12.9. The van der Waals surface area contributed by atoms with Gasteiger partial charge >= 0.3 is 23.9 Å². The van der Waals surface area contributed by atoms with Crippen LogP contribution in [-0.2, 0) is 28.7 Å². The van der Waals surface area contributed by atoms with Gasteiger partial charge in [-0.3, -0.25) is 43.2 Å². The Bertz CT molecular complexity index is 1360. The standard InChI is InChI=1S/C24H34N8O13/c33-10-13-20(43)21(44)24(45-13)32-12-27-19-22(25-11-26-23(19)32)28-14(34)5-30(7-16(37)38)3-1-29(6-15(35)36)2-4-31(8-17(39)40)9-18(41)42/h11-13,20-21,24,33,43-44H,1-10H2,(H,35,36)(H,37,38)(H,39,40)(H,41,42)(H,25,26,28,34)/t13-,20-,21-,24-/m1/s1. The first-order valence-corrected chi connectivity index (χ1v) is 13.4. The molecule has 2 aromatic heterocycles. The van der Waals surface area contributed by atoms with E-state index in [1.807, 2.05) is 0 Å². The van der Waals surface area contributed by atoms with Crippen LogP contribution in [0.5, 0.6) is 0 Å². The zero-order valence-corrected chi connectivity index (χ0v) is 23.7. The Hall–Kier alpha value is -4.38. The Morgan fingerprint density at radius 3 is 1.78 bits per heavy atom. The van der Waals surface area contributed by atoms with Gasteiger partial charge in [0.15, 0.2) is 23.2 Å². The summed E-state index contributed by atoms with van der Waals surface area (Å²) in [5.41, 5.74) is 0.190. The van der Waals surface area contributed by atoms with E-state index in [2.05, 4.69) is 20.3 Å². The summed E-state index contributed by atoms with van der Waals surface area (Å²) in [4.78, 5) is 73.8. The molecule has 21 nitrogen and oxygen atoms in total. The summed E-state index contributed by atoms with van der Waals surface area (Å²) in [6.45, 7) is -3.65. The molecule has 0 spiro atoms. The molecule has 3 rings (SSSR count). The van der Waals surface area contributed by atoms with Crippen LogP contribution in [0.15, 0.2) is 12.7 Å². The highest BCUT2D eigenvalue weighted by Gasteiger charge is 2.44. The van der Waals surface area contributed by atoms with Crippen LogP contribution in [0.2, 0.25) is 0 Å². The molecule has 0 bridgehead atoms. The number of aliphatic hydroxyl groups is 3. The zero-order valence-electron chi connectivity index (χ0n) is 23.7. The summed E-state index contributed by atoms with van der Waals surface area (Å²) >= 11 is 0. The number of anilines is 1. The first kappa shape index (κ1) is 35.1. The number of aromatic nitrogens is 4. The van der Waals surface area contributed by atoms with Crippen LogP contribution in [0, 0.1) is 0 Å². The number of ether oxygens (including phenoxy) is 1. The van der Waals surface area contributed by atoms with Gasteiger partial charge in [0.1, 0.15) is 24.6 Å². The molecule has 45 heavy (non-hydrogen) atoms. The fourth-order valence-corrected chi connectivity index (χ4v) is 4.64. The summed E-state index contributed by atoms with van der Waals surface area (Å²) in [7, 11) is 0. The molecule has 0 unspecified atom stereocenters. The van der Waals surface area contributed by atoms with Crippen LogP contribution >= 0.6 is 0 Å². The molecule has 1 aliphatic rings. The third kappa shape index (κ3) is 10.1. The third-order valence-corrected chi connectivity index (χ3v) is 6.68. The maximum atomic E-state index is 12.9. The molecule has 2 aromatic rings. The summed E-state index contributed by atoms with van der Waals surface area (Å²) in [6, 6.07) is 0. The second-order valence-electron chi connectivity index (χ2n) is 10.1. The molecule has 21 heteroatoms. The number of carbonyl (C=O) groups excluding carboxylic acids is 1. The van der Waals surface area contributed by atoms with Gasteiger partial charge in [0, 0.05) is 26.2 Å². The number of hydrogen-bond donors (Lipinski definition) is 8. The van der Waals surface area contributed by atoms with Crippen molar-refractivity contribution in [3.8, 4) is 0 Å². The van der Waals surface area contributed by atoms with Gasteiger partial charge in [0.2, 0.25) is 5.91 Å². The number of carboxylic acids is 4. The van der Waals surface area contributed by atoms with E-state index < -0.39 is 93.7 Å². The third-order valence-electron chi connectivity index (χ3n) is 6.68. The molecular formula is C24H34N8O13. The number of carboxylic acid groups (broad SMARTS) is 4. The lowest BCUT2D eigenvalue weighted by atomic mass is 10.1. The average molecular weight is 643 g/mol. The number of hydrogen-bond acceptors (Lipinski definition) is 15. The van der Waals surface area contributed by atoms with Gasteiger partial charge < -0.3 is 45.8 Å². The Balaban J connectivity index is 1.68. The van der Waals surface area contributed by atoms with E-state index in [9.17, 15) is 49.5 Å². The highest BCUT2D eigenvalue weighted by molar-refractivity contribution is 5.97. The van der Waals surface area contributed by atoms with E-state index in [1.54, 1.807) is 0 Å². The average Bonchev–Trinajstić information content (AvgIpc) is 3.49. The summed E-state index contributed by atoms with van der Waals surface area (Å²) in [6.07, 6.45) is -2.68. The van der Waals surface area contributed by atoms with Gasteiger partial charge in [0.25, 0.3) is 0 Å². The van der Waals surface area contributed by atoms with Crippen molar-refractivity contribution < 1.29 is 64.5 Å². The molecule has 1 aliphatic heterocycles. The fraction of sp³-hybridized carbons (Fsp3) is 0.583. The van der Waals surface area contributed by atoms with Crippen molar-refractivity contribution in [3.05, 3.63) is 12.7 Å². The molecule has 1 amide bonds. The van der Waals surface area contributed by atoms with E-state index in [4.69, 9.17) is 14.9 Å². The Morgan fingerprint density at radius 1 is 0.756 bits per heavy atom. The molecule has 0 radical (unpaired) electrons. The highest BCUT2D eigenvalue weighted by atomic mass is 16.6. The van der Waals surface area contributed by atoms with Crippen LogP contribution < -0.4 is 5.32 Å². The minimum Gasteiger partial charge on any atom is -0.480 e. The molecule has 248 valence electrons. The number of nitrogens with one attached hydrogen (secondary N) is 1. The number of fused-ring (bicyclic) bond motifs is 1. The number of nitrogens with zero attached hydrogens (tertiary/aromatic N) is 7. The molecular weight excluding hydrogens is 608 g/mol. The van der Waals surface area contributed by atoms with Crippen molar-refractivity contribution in [2.24, 2.45) is 0 Å². The molecule has 3 heterocycles. The van der Waals surface area contributed by atoms with Crippen LogP contribution in [-0.4, -0.2) is 184 Å². The van der Waals surface area contributed by atoms with E-state index in [-0.39, 0.29) is 43.2 Å². The van der Waals surface area contributed by atoms with E-state index in [1.165, 1.54) is 20.7 Å². The van der Waals surface area contributed by atoms with Gasteiger partial charge in [-0.1, -0.05) is 0 Å². The smallest absolute Gasteiger partial charge is 0.317 e. The number of imidazole rings is 1. The Morgan fingerprint density at radius 2 is 1.27 bits per heavy atom. The van der Waals surface area contributed by atoms with Crippen molar-refractivity contribution in [2.45, 2.75) is 24.5 Å². The Kier molecular flexibility index (Phi) is 12.5. The summed E-state index contributed by atoms with van der Waals surface area (Å²) in [5, 5.41) is 69.0. The molecule has 0 aromatic carbocycles. The predicted molar refractivity (Wildman–Crippen MR) is 147 cm³/mol. The maximum Gasteiger partial charge on any atom is 0.317 e. The van der Waals surface area contributed by atoms with Crippen LogP contribution in [0.3, 0.4) is 0 Å². The first-order valence-electron chi connectivity index (χ1n) is 13.4. The van der Waals surface area contributed by atoms with Gasteiger partial charge in [-0.2, -0.15) is 0 Å². The van der Waals surface area contributed by atoms with Crippen molar-refractivity contribution in [1.29, 1.82) is 0 Å². The minimum absolute atomic E-state index is 0.0585. The topological polar surface area (TPSA) is 302 Å². The van der Waals surface area contributed by atoms with Crippen molar-refractivity contribution in [1.82, 2.24) is 34.2 Å². The van der Waals surface area contributed by atoms with Crippen molar-refractivity contribution in [2.75, 3.05) is 70.8 Å².